The van der Waals surface area contributed by atoms with Crippen LogP contribution in [0.25, 0.3) is 0 Å². The molecule has 0 aromatic heterocycles. The standard InChI is InChI=1S/C13H18N2O2/c1-10-2-4-11(5-3-10)14-12-6-8-15(9-7-12)13(16)17/h2-5,12,14H,6-9H2,1H3,(H,16,17)/p-1. The summed E-state index contributed by atoms with van der Waals surface area (Å²) in [7, 11) is 0. The molecule has 0 radical (unpaired) electrons. The molecule has 4 heteroatoms. The van der Waals surface area contributed by atoms with Crippen LogP contribution >= 0.6 is 0 Å². The first-order chi connectivity index (χ1) is 8.15. The van der Waals surface area contributed by atoms with Crippen LogP contribution in [0.4, 0.5) is 10.5 Å². The monoisotopic (exact) mass is 233 g/mol. The molecule has 0 unspecified atom stereocenters. The number of nitrogens with zero attached hydrogens (tertiary/aromatic N) is 1. The van der Waals surface area contributed by atoms with E-state index < -0.39 is 6.09 Å². The van der Waals surface area contributed by atoms with Gasteiger partial charge in [0, 0.05) is 24.8 Å². The molecule has 92 valence electrons. The summed E-state index contributed by atoms with van der Waals surface area (Å²) < 4.78 is 0. The lowest BCUT2D eigenvalue weighted by molar-refractivity contribution is -0.266. The van der Waals surface area contributed by atoms with Gasteiger partial charge in [0.15, 0.2) is 0 Å². The number of carbonyl (C=O) groups is 1. The number of piperidine rings is 1. The lowest BCUT2D eigenvalue weighted by Gasteiger charge is -2.34. The summed E-state index contributed by atoms with van der Waals surface area (Å²) in [4.78, 5) is 12.0. The number of carbonyl (C=O) groups excluding carboxylic acids is 1. The molecular formula is C13H17N2O2-. The van der Waals surface area contributed by atoms with Crippen molar-refractivity contribution < 1.29 is 9.90 Å². The number of anilines is 1. The molecule has 1 N–H and O–H groups in total. The number of hydrogen-bond donors (Lipinski definition) is 1. The molecule has 1 heterocycles. The molecule has 1 amide bonds. The number of likely N-dealkylation sites (tertiary alicyclic amines) is 1. The van der Waals surface area contributed by atoms with Crippen LogP contribution in [0.15, 0.2) is 24.3 Å². The van der Waals surface area contributed by atoms with Crippen LogP contribution in [-0.2, 0) is 0 Å². The molecule has 1 aromatic rings. The van der Waals surface area contributed by atoms with E-state index in [0.717, 1.165) is 18.5 Å². The molecule has 0 aliphatic carbocycles. The molecule has 0 spiro atoms. The van der Waals surface area contributed by atoms with Gasteiger partial charge < -0.3 is 20.1 Å². The summed E-state index contributed by atoms with van der Waals surface area (Å²) in [5.74, 6) is 0. The van der Waals surface area contributed by atoms with Crippen LogP contribution in [0.2, 0.25) is 0 Å². The predicted octanol–water partition coefficient (Wildman–Crippen LogP) is 1.21. The lowest BCUT2D eigenvalue weighted by Crippen LogP contribution is -2.47. The second-order valence-electron chi connectivity index (χ2n) is 4.54. The van der Waals surface area contributed by atoms with Crippen molar-refractivity contribution in [1.29, 1.82) is 0 Å². The van der Waals surface area contributed by atoms with Crippen LogP contribution in [0, 0.1) is 6.92 Å². The number of amides is 1. The first kappa shape index (κ1) is 11.8. The number of nitrogens with one attached hydrogen (secondary N) is 1. The molecule has 0 saturated carbocycles. The first-order valence-corrected chi connectivity index (χ1v) is 5.94. The Morgan fingerprint density at radius 1 is 1.29 bits per heavy atom. The van der Waals surface area contributed by atoms with Crippen molar-refractivity contribution >= 4 is 11.8 Å². The van der Waals surface area contributed by atoms with Gasteiger partial charge in [-0.3, -0.25) is 0 Å². The molecule has 17 heavy (non-hydrogen) atoms. The summed E-state index contributed by atoms with van der Waals surface area (Å²) >= 11 is 0. The van der Waals surface area contributed by atoms with Gasteiger partial charge in [0.05, 0.1) is 0 Å². The Kier molecular flexibility index (Phi) is 3.52. The van der Waals surface area contributed by atoms with Gasteiger partial charge in [-0.1, -0.05) is 17.7 Å². The molecule has 0 bridgehead atoms. The Morgan fingerprint density at radius 2 is 1.88 bits per heavy atom. The zero-order chi connectivity index (χ0) is 12.3. The van der Waals surface area contributed by atoms with E-state index in [-0.39, 0.29) is 0 Å². The quantitative estimate of drug-likeness (QED) is 0.835. The summed E-state index contributed by atoms with van der Waals surface area (Å²) in [5.41, 5.74) is 2.34. The molecule has 1 saturated heterocycles. The third-order valence-corrected chi connectivity index (χ3v) is 3.18. The summed E-state index contributed by atoms with van der Waals surface area (Å²) in [6, 6.07) is 8.60. The number of hydrogen-bond acceptors (Lipinski definition) is 3. The van der Waals surface area contributed by atoms with Crippen LogP contribution in [0.1, 0.15) is 18.4 Å². The summed E-state index contributed by atoms with van der Waals surface area (Å²) in [5, 5.41) is 14.1. The molecule has 2 rings (SSSR count). The predicted molar refractivity (Wildman–Crippen MR) is 64.8 cm³/mol. The molecule has 1 aromatic carbocycles. The fraction of sp³-hybridized carbons (Fsp3) is 0.462. The minimum Gasteiger partial charge on any atom is -0.530 e. The van der Waals surface area contributed by atoms with E-state index in [0.29, 0.717) is 19.1 Å². The fourth-order valence-electron chi connectivity index (χ4n) is 2.09. The Morgan fingerprint density at radius 3 is 2.41 bits per heavy atom. The van der Waals surface area contributed by atoms with E-state index in [9.17, 15) is 9.90 Å². The highest BCUT2D eigenvalue weighted by Gasteiger charge is 2.18. The highest BCUT2D eigenvalue weighted by molar-refractivity contribution is 5.62. The van der Waals surface area contributed by atoms with E-state index in [1.165, 1.54) is 10.5 Å². The van der Waals surface area contributed by atoms with Crippen molar-refractivity contribution in [2.24, 2.45) is 0 Å². The van der Waals surface area contributed by atoms with E-state index >= 15 is 0 Å². The fourth-order valence-corrected chi connectivity index (χ4v) is 2.09. The Labute approximate surface area is 101 Å². The van der Waals surface area contributed by atoms with Gasteiger partial charge in [0.2, 0.25) is 0 Å². The number of aryl methyl sites for hydroxylation is 1. The highest BCUT2D eigenvalue weighted by Crippen LogP contribution is 2.16. The maximum absolute atomic E-state index is 10.7. The van der Waals surface area contributed by atoms with Crippen molar-refractivity contribution in [1.82, 2.24) is 4.90 Å². The van der Waals surface area contributed by atoms with Crippen molar-refractivity contribution in [3.05, 3.63) is 29.8 Å². The average molecular weight is 233 g/mol. The van der Waals surface area contributed by atoms with Crippen molar-refractivity contribution in [3.8, 4) is 0 Å². The van der Waals surface area contributed by atoms with Gasteiger partial charge in [-0.15, -0.1) is 0 Å². The third-order valence-electron chi connectivity index (χ3n) is 3.18. The van der Waals surface area contributed by atoms with Crippen LogP contribution in [-0.4, -0.2) is 30.1 Å². The average Bonchev–Trinajstić information content (AvgIpc) is 2.33. The Hall–Kier alpha value is -1.71. The molecular weight excluding hydrogens is 216 g/mol. The first-order valence-electron chi connectivity index (χ1n) is 5.94. The van der Waals surface area contributed by atoms with Gasteiger partial charge >= 0.3 is 0 Å². The zero-order valence-electron chi connectivity index (χ0n) is 9.98. The zero-order valence-corrected chi connectivity index (χ0v) is 9.98. The van der Waals surface area contributed by atoms with Gasteiger partial charge in [0.25, 0.3) is 0 Å². The molecule has 4 nitrogen and oxygen atoms in total. The summed E-state index contributed by atoms with van der Waals surface area (Å²) in [6.45, 7) is 3.18. The lowest BCUT2D eigenvalue weighted by atomic mass is 10.0. The Bertz CT molecular complexity index is 381. The van der Waals surface area contributed by atoms with Gasteiger partial charge in [-0.2, -0.15) is 0 Å². The molecule has 1 aliphatic heterocycles. The second-order valence-corrected chi connectivity index (χ2v) is 4.54. The Balaban J connectivity index is 1.85. The van der Waals surface area contributed by atoms with Gasteiger partial charge in [0.1, 0.15) is 6.09 Å². The number of benzene rings is 1. The van der Waals surface area contributed by atoms with Crippen molar-refractivity contribution in [2.45, 2.75) is 25.8 Å². The van der Waals surface area contributed by atoms with Crippen LogP contribution < -0.4 is 10.4 Å². The van der Waals surface area contributed by atoms with E-state index in [1.807, 2.05) is 0 Å². The third kappa shape index (κ3) is 3.12. The highest BCUT2D eigenvalue weighted by atomic mass is 16.4. The molecule has 1 fully saturated rings. The molecule has 1 aliphatic rings. The van der Waals surface area contributed by atoms with Gasteiger partial charge in [-0.05, 0) is 31.9 Å². The van der Waals surface area contributed by atoms with E-state index in [4.69, 9.17) is 0 Å². The summed E-state index contributed by atoms with van der Waals surface area (Å²) in [6.07, 6.45) is 0.614. The number of carboxylic acid groups (broad SMARTS) is 1. The minimum atomic E-state index is -1.06. The topological polar surface area (TPSA) is 55.4 Å². The smallest absolute Gasteiger partial charge is 0.136 e. The van der Waals surface area contributed by atoms with E-state index in [2.05, 4.69) is 36.5 Å². The van der Waals surface area contributed by atoms with Crippen LogP contribution in [0.5, 0.6) is 0 Å². The van der Waals surface area contributed by atoms with E-state index in [1.54, 1.807) is 0 Å². The normalized spacial score (nSPS) is 16.9. The van der Waals surface area contributed by atoms with Crippen molar-refractivity contribution in [2.75, 3.05) is 18.4 Å². The second kappa shape index (κ2) is 5.08. The van der Waals surface area contributed by atoms with Gasteiger partial charge in [-0.25, -0.2) is 0 Å². The maximum Gasteiger partial charge on any atom is 0.136 e. The number of rotatable bonds is 2. The SMILES string of the molecule is Cc1ccc(NC2CCN(C(=O)[O-])CC2)cc1. The van der Waals surface area contributed by atoms with Crippen molar-refractivity contribution in [3.63, 3.8) is 0 Å². The largest absolute Gasteiger partial charge is 0.530 e. The molecule has 0 atom stereocenters. The maximum atomic E-state index is 10.7. The minimum absolute atomic E-state index is 0.355. The van der Waals surface area contributed by atoms with Crippen LogP contribution in [0.3, 0.4) is 0 Å².